The van der Waals surface area contributed by atoms with Crippen LogP contribution in [-0.4, -0.2) is 4.98 Å². The van der Waals surface area contributed by atoms with E-state index >= 15 is 0 Å². The number of aryl methyl sites for hydroxylation is 1. The first kappa shape index (κ1) is 12.9. The summed E-state index contributed by atoms with van der Waals surface area (Å²) in [7, 11) is 0. The van der Waals surface area contributed by atoms with Crippen molar-refractivity contribution in [2.45, 2.75) is 57.5 Å². The maximum atomic E-state index is 5.75. The van der Waals surface area contributed by atoms with Crippen molar-refractivity contribution in [1.29, 1.82) is 0 Å². The maximum Gasteiger partial charge on any atom is 0.181 e. The molecule has 1 saturated carbocycles. The van der Waals surface area contributed by atoms with Gasteiger partial charge in [0.05, 0.1) is 11.6 Å². The summed E-state index contributed by atoms with van der Waals surface area (Å²) in [6.45, 7) is 4.45. The normalized spacial score (nSPS) is 23.5. The molecule has 1 aromatic carbocycles. The second-order valence-corrected chi connectivity index (χ2v) is 6.49. The molecule has 1 atom stereocenters. The van der Waals surface area contributed by atoms with Gasteiger partial charge in [0, 0.05) is 5.69 Å². The summed E-state index contributed by atoms with van der Waals surface area (Å²) in [6.07, 6.45) is 7.90. The van der Waals surface area contributed by atoms with Gasteiger partial charge < -0.3 is 9.32 Å². The average molecular weight is 282 g/mol. The fourth-order valence-corrected chi connectivity index (χ4v) is 4.39. The van der Waals surface area contributed by atoms with Crippen LogP contribution in [-0.2, 0) is 5.54 Å². The van der Waals surface area contributed by atoms with E-state index in [1.807, 2.05) is 0 Å². The van der Waals surface area contributed by atoms with Crippen LogP contribution >= 0.6 is 0 Å². The second-order valence-electron chi connectivity index (χ2n) is 6.49. The van der Waals surface area contributed by atoms with Crippen LogP contribution in [0.1, 0.15) is 62.1 Å². The molecule has 110 valence electrons. The van der Waals surface area contributed by atoms with Crippen molar-refractivity contribution in [1.82, 2.24) is 4.98 Å². The van der Waals surface area contributed by atoms with Gasteiger partial charge in [-0.05, 0) is 38.3 Å². The van der Waals surface area contributed by atoms with Crippen molar-refractivity contribution in [3.8, 4) is 0 Å². The lowest BCUT2D eigenvalue weighted by molar-refractivity contribution is 0.276. The van der Waals surface area contributed by atoms with Gasteiger partial charge >= 0.3 is 0 Å². The summed E-state index contributed by atoms with van der Waals surface area (Å²) in [5.41, 5.74) is 3.91. The Morgan fingerprint density at radius 2 is 1.95 bits per heavy atom. The van der Waals surface area contributed by atoms with Crippen LogP contribution in [0.4, 0.5) is 5.69 Å². The fraction of sp³-hybridized carbons (Fsp3) is 0.500. The third-order valence-corrected chi connectivity index (χ3v) is 5.32. The molecule has 3 nitrogen and oxygen atoms in total. The van der Waals surface area contributed by atoms with E-state index in [9.17, 15) is 0 Å². The zero-order valence-corrected chi connectivity index (χ0v) is 12.8. The Morgan fingerprint density at radius 1 is 1.19 bits per heavy atom. The van der Waals surface area contributed by atoms with Crippen LogP contribution < -0.4 is 4.90 Å². The largest absolute Gasteiger partial charge is 0.446 e. The number of para-hydroxylation sites is 1. The van der Waals surface area contributed by atoms with Crippen molar-refractivity contribution >= 4 is 5.69 Å². The standard InChI is InChI=1S/C18H22N2O/c1-13-8-4-5-9-15(13)20-14(2)16-17(19-12-21-16)18(20)10-6-3-7-11-18/h4-5,8-9,12,14H,3,6-7,10-11H2,1-2H3. The second kappa shape index (κ2) is 4.62. The molecule has 1 aliphatic heterocycles. The summed E-state index contributed by atoms with van der Waals surface area (Å²) in [6, 6.07) is 8.96. The van der Waals surface area contributed by atoms with E-state index in [4.69, 9.17) is 4.42 Å². The summed E-state index contributed by atoms with van der Waals surface area (Å²) in [5.74, 6) is 1.07. The Hall–Kier alpha value is -1.77. The Balaban J connectivity index is 1.89. The minimum absolute atomic E-state index is 0.0477. The highest BCUT2D eigenvalue weighted by molar-refractivity contribution is 5.61. The van der Waals surface area contributed by atoms with Crippen molar-refractivity contribution in [3.63, 3.8) is 0 Å². The van der Waals surface area contributed by atoms with Crippen molar-refractivity contribution in [2.24, 2.45) is 0 Å². The summed E-state index contributed by atoms with van der Waals surface area (Å²) in [5, 5.41) is 0. The van der Waals surface area contributed by atoms with E-state index < -0.39 is 0 Å². The number of oxazole rings is 1. The van der Waals surface area contributed by atoms with Crippen molar-refractivity contribution in [3.05, 3.63) is 47.7 Å². The average Bonchev–Trinajstić information content (AvgIpc) is 3.06. The van der Waals surface area contributed by atoms with Crippen LogP contribution in [0, 0.1) is 6.92 Å². The third-order valence-electron chi connectivity index (χ3n) is 5.32. The smallest absolute Gasteiger partial charge is 0.181 e. The maximum absolute atomic E-state index is 5.75. The zero-order chi connectivity index (χ0) is 14.4. The molecule has 1 spiro atoms. The minimum Gasteiger partial charge on any atom is -0.446 e. The van der Waals surface area contributed by atoms with Gasteiger partial charge in [0.1, 0.15) is 5.69 Å². The first-order valence-electron chi connectivity index (χ1n) is 8.03. The van der Waals surface area contributed by atoms with Gasteiger partial charge in [0.15, 0.2) is 12.2 Å². The van der Waals surface area contributed by atoms with E-state index in [1.165, 1.54) is 49.0 Å². The molecule has 1 fully saturated rings. The van der Waals surface area contributed by atoms with E-state index in [2.05, 4.69) is 48.0 Å². The Kier molecular flexibility index (Phi) is 2.84. The highest BCUT2D eigenvalue weighted by Crippen LogP contribution is 2.55. The molecule has 0 amide bonds. The van der Waals surface area contributed by atoms with Crippen molar-refractivity contribution in [2.75, 3.05) is 4.90 Å². The lowest BCUT2D eigenvalue weighted by Crippen LogP contribution is -2.44. The van der Waals surface area contributed by atoms with Gasteiger partial charge in [-0.3, -0.25) is 0 Å². The van der Waals surface area contributed by atoms with Gasteiger partial charge in [-0.25, -0.2) is 4.98 Å². The number of hydrogen-bond acceptors (Lipinski definition) is 3. The Bertz CT molecular complexity index is 655. The quantitative estimate of drug-likeness (QED) is 0.757. The van der Waals surface area contributed by atoms with Gasteiger partial charge in [0.2, 0.25) is 0 Å². The number of anilines is 1. The molecule has 21 heavy (non-hydrogen) atoms. The van der Waals surface area contributed by atoms with E-state index in [1.54, 1.807) is 6.39 Å². The van der Waals surface area contributed by atoms with Gasteiger partial charge in [-0.15, -0.1) is 0 Å². The minimum atomic E-state index is 0.0477. The molecule has 0 radical (unpaired) electrons. The molecule has 1 unspecified atom stereocenters. The molecule has 1 aromatic heterocycles. The predicted octanol–water partition coefficient (Wildman–Crippen LogP) is 4.72. The van der Waals surface area contributed by atoms with Crippen molar-refractivity contribution < 1.29 is 4.42 Å². The van der Waals surface area contributed by atoms with Gasteiger partial charge in [-0.1, -0.05) is 37.5 Å². The van der Waals surface area contributed by atoms with Crippen LogP contribution in [0.3, 0.4) is 0 Å². The number of fused-ring (bicyclic) bond motifs is 2. The summed E-state index contributed by atoms with van der Waals surface area (Å²) in [4.78, 5) is 7.21. The molecule has 1 aliphatic carbocycles. The Morgan fingerprint density at radius 3 is 2.71 bits per heavy atom. The first-order valence-corrected chi connectivity index (χ1v) is 8.03. The lowest BCUT2D eigenvalue weighted by Gasteiger charge is -2.44. The highest BCUT2D eigenvalue weighted by Gasteiger charge is 2.52. The number of rotatable bonds is 1. The molecule has 2 aliphatic rings. The van der Waals surface area contributed by atoms with E-state index in [-0.39, 0.29) is 11.6 Å². The lowest BCUT2D eigenvalue weighted by atomic mass is 9.79. The molecule has 2 aromatic rings. The summed E-state index contributed by atoms with van der Waals surface area (Å²) >= 11 is 0. The zero-order valence-electron chi connectivity index (χ0n) is 12.8. The van der Waals surface area contributed by atoms with Crippen LogP contribution in [0.15, 0.2) is 35.1 Å². The molecule has 0 N–H and O–H groups in total. The number of aromatic nitrogens is 1. The topological polar surface area (TPSA) is 29.3 Å². The first-order chi connectivity index (χ1) is 10.2. The molecule has 0 bridgehead atoms. The number of nitrogens with zero attached hydrogens (tertiary/aromatic N) is 2. The van der Waals surface area contributed by atoms with E-state index in [0.29, 0.717) is 0 Å². The molecule has 3 heteroatoms. The highest BCUT2D eigenvalue weighted by atomic mass is 16.3. The number of benzene rings is 1. The SMILES string of the molecule is Cc1ccccc1N1C(C)c2ocnc2C12CCCCC2. The van der Waals surface area contributed by atoms with Gasteiger partial charge in [-0.2, -0.15) is 0 Å². The predicted molar refractivity (Wildman–Crippen MR) is 83.3 cm³/mol. The summed E-state index contributed by atoms with van der Waals surface area (Å²) < 4.78 is 5.75. The van der Waals surface area contributed by atoms with Crippen LogP contribution in [0.25, 0.3) is 0 Å². The van der Waals surface area contributed by atoms with Crippen LogP contribution in [0.2, 0.25) is 0 Å². The van der Waals surface area contributed by atoms with Gasteiger partial charge in [0.25, 0.3) is 0 Å². The monoisotopic (exact) mass is 282 g/mol. The molecule has 2 heterocycles. The molecule has 4 rings (SSSR count). The molecule has 0 saturated heterocycles. The Labute approximate surface area is 126 Å². The van der Waals surface area contributed by atoms with E-state index in [0.717, 1.165) is 5.76 Å². The third kappa shape index (κ3) is 1.69. The number of hydrogen-bond donors (Lipinski definition) is 0. The molecular weight excluding hydrogens is 260 g/mol. The van der Waals surface area contributed by atoms with Crippen LogP contribution in [0.5, 0.6) is 0 Å². The molecular formula is C18H22N2O. The fourth-order valence-electron chi connectivity index (χ4n) is 4.39.